The van der Waals surface area contributed by atoms with E-state index in [9.17, 15) is 0 Å². The molecule has 0 bridgehead atoms. The summed E-state index contributed by atoms with van der Waals surface area (Å²) in [6.45, 7) is 14.9. The molecule has 1 aromatic rings. The topological polar surface area (TPSA) is 28.2 Å². The molecule has 1 rings (SSSR count). The first kappa shape index (κ1) is 16.0. The number of hydrogen-bond donors (Lipinski definition) is 1. The van der Waals surface area contributed by atoms with Gasteiger partial charge in [-0.2, -0.15) is 0 Å². The molecule has 0 unspecified atom stereocenters. The molecule has 3 nitrogen and oxygen atoms in total. The number of anilines is 1. The molecule has 0 aliphatic heterocycles. The Labute approximate surface area is 118 Å². The summed E-state index contributed by atoms with van der Waals surface area (Å²) in [5.41, 5.74) is 3.81. The van der Waals surface area contributed by atoms with Crippen molar-refractivity contribution in [3.63, 3.8) is 0 Å². The monoisotopic (exact) mass is 263 g/mol. The summed E-state index contributed by atoms with van der Waals surface area (Å²) >= 11 is 0. The van der Waals surface area contributed by atoms with Crippen molar-refractivity contribution in [3.8, 4) is 0 Å². The van der Waals surface area contributed by atoms with Crippen molar-refractivity contribution in [3.05, 3.63) is 22.9 Å². The molecule has 1 heterocycles. The summed E-state index contributed by atoms with van der Waals surface area (Å²) < 4.78 is 0. The molecule has 0 fully saturated rings. The molecule has 1 N–H and O–H groups in total. The van der Waals surface area contributed by atoms with Crippen molar-refractivity contribution in [2.24, 2.45) is 0 Å². The normalized spacial score (nSPS) is 10.8. The Balaban J connectivity index is 3.06. The van der Waals surface area contributed by atoms with E-state index >= 15 is 0 Å². The van der Waals surface area contributed by atoms with E-state index in [4.69, 9.17) is 4.98 Å². The van der Waals surface area contributed by atoms with Gasteiger partial charge in [0.25, 0.3) is 0 Å². The molecule has 1 aromatic heterocycles. The van der Waals surface area contributed by atoms with Gasteiger partial charge in [0.1, 0.15) is 5.82 Å². The number of nitrogens with zero attached hydrogens (tertiary/aromatic N) is 2. The molecule has 3 heteroatoms. The van der Waals surface area contributed by atoms with Crippen molar-refractivity contribution in [1.29, 1.82) is 0 Å². The fraction of sp³-hybridized carbons (Fsp3) is 0.688. The summed E-state index contributed by atoms with van der Waals surface area (Å²) in [5, 5.41) is 3.43. The summed E-state index contributed by atoms with van der Waals surface area (Å²) in [4.78, 5) is 7.21. The van der Waals surface area contributed by atoms with Crippen molar-refractivity contribution in [1.82, 2.24) is 10.3 Å². The third kappa shape index (κ3) is 4.50. The van der Waals surface area contributed by atoms with Crippen LogP contribution in [0.3, 0.4) is 0 Å². The molecular formula is C16H29N3. The Morgan fingerprint density at radius 3 is 2.53 bits per heavy atom. The van der Waals surface area contributed by atoms with E-state index < -0.39 is 0 Å². The minimum absolute atomic E-state index is 0.910. The van der Waals surface area contributed by atoms with Crippen LogP contribution in [0, 0.1) is 13.8 Å². The SMILES string of the molecule is CCCCN(CC)c1nc(C)cc(C)c1CNCC. The highest BCUT2D eigenvalue weighted by atomic mass is 15.2. The van der Waals surface area contributed by atoms with Crippen molar-refractivity contribution < 1.29 is 0 Å². The van der Waals surface area contributed by atoms with E-state index in [0.717, 1.165) is 31.9 Å². The maximum absolute atomic E-state index is 4.80. The summed E-state index contributed by atoms with van der Waals surface area (Å²) in [6, 6.07) is 2.18. The van der Waals surface area contributed by atoms with Crippen molar-refractivity contribution in [2.45, 2.75) is 54.0 Å². The largest absolute Gasteiger partial charge is 0.357 e. The molecular weight excluding hydrogens is 234 g/mol. The second-order valence-corrected chi connectivity index (χ2v) is 5.10. The van der Waals surface area contributed by atoms with Gasteiger partial charge in [-0.1, -0.05) is 20.3 Å². The first-order valence-electron chi connectivity index (χ1n) is 7.56. The quantitative estimate of drug-likeness (QED) is 0.779. The third-order valence-electron chi connectivity index (χ3n) is 3.47. The molecule has 0 amide bonds. The van der Waals surface area contributed by atoms with E-state index in [2.05, 4.69) is 50.9 Å². The van der Waals surface area contributed by atoms with Crippen LogP contribution in [0.15, 0.2) is 6.07 Å². The van der Waals surface area contributed by atoms with Crippen LogP contribution in [0.2, 0.25) is 0 Å². The average molecular weight is 263 g/mol. The van der Waals surface area contributed by atoms with Crippen LogP contribution < -0.4 is 10.2 Å². The average Bonchev–Trinajstić information content (AvgIpc) is 2.38. The second-order valence-electron chi connectivity index (χ2n) is 5.10. The number of pyridine rings is 1. The molecule has 19 heavy (non-hydrogen) atoms. The van der Waals surface area contributed by atoms with Gasteiger partial charge in [0.05, 0.1) is 0 Å². The zero-order chi connectivity index (χ0) is 14.3. The minimum atomic E-state index is 0.910. The smallest absolute Gasteiger partial charge is 0.133 e. The number of aromatic nitrogens is 1. The van der Waals surface area contributed by atoms with Gasteiger partial charge in [-0.15, -0.1) is 0 Å². The van der Waals surface area contributed by atoms with Gasteiger partial charge in [0, 0.05) is 30.9 Å². The standard InChI is InChI=1S/C16H29N3/c1-6-9-10-19(8-3)16-15(12-17-7-2)13(4)11-14(5)18-16/h11,17H,6-10,12H2,1-5H3. The summed E-state index contributed by atoms with van der Waals surface area (Å²) in [5.74, 6) is 1.18. The van der Waals surface area contributed by atoms with Crippen LogP contribution in [0.4, 0.5) is 5.82 Å². The number of rotatable bonds is 8. The van der Waals surface area contributed by atoms with E-state index in [0.29, 0.717) is 0 Å². The van der Waals surface area contributed by atoms with Gasteiger partial charge in [-0.25, -0.2) is 4.98 Å². The number of unbranched alkanes of at least 4 members (excludes halogenated alkanes) is 1. The zero-order valence-corrected chi connectivity index (χ0v) is 13.2. The Hall–Kier alpha value is -1.09. The van der Waals surface area contributed by atoms with Crippen molar-refractivity contribution in [2.75, 3.05) is 24.5 Å². The Morgan fingerprint density at radius 1 is 1.21 bits per heavy atom. The number of aryl methyl sites for hydroxylation is 2. The minimum Gasteiger partial charge on any atom is -0.357 e. The van der Waals surface area contributed by atoms with Crippen LogP contribution in [0.1, 0.15) is 50.4 Å². The van der Waals surface area contributed by atoms with Gasteiger partial charge in [-0.05, 0) is 45.4 Å². The third-order valence-corrected chi connectivity index (χ3v) is 3.47. The maximum atomic E-state index is 4.80. The lowest BCUT2D eigenvalue weighted by Crippen LogP contribution is -2.28. The Morgan fingerprint density at radius 2 is 1.95 bits per heavy atom. The number of hydrogen-bond acceptors (Lipinski definition) is 3. The Kier molecular flexibility index (Phi) is 6.85. The molecule has 108 valence electrons. The number of nitrogens with one attached hydrogen (secondary N) is 1. The fourth-order valence-corrected chi connectivity index (χ4v) is 2.34. The summed E-state index contributed by atoms with van der Waals surface area (Å²) in [6.07, 6.45) is 2.45. The van der Waals surface area contributed by atoms with Crippen LogP contribution >= 0.6 is 0 Å². The van der Waals surface area contributed by atoms with Crippen molar-refractivity contribution >= 4 is 5.82 Å². The van der Waals surface area contributed by atoms with Gasteiger partial charge in [0.2, 0.25) is 0 Å². The van der Waals surface area contributed by atoms with Gasteiger partial charge in [-0.3, -0.25) is 0 Å². The van der Waals surface area contributed by atoms with E-state index in [-0.39, 0.29) is 0 Å². The van der Waals surface area contributed by atoms with E-state index in [1.165, 1.54) is 29.8 Å². The fourth-order valence-electron chi connectivity index (χ4n) is 2.34. The van der Waals surface area contributed by atoms with Gasteiger partial charge in [0.15, 0.2) is 0 Å². The van der Waals surface area contributed by atoms with Crippen LogP contribution in [0.25, 0.3) is 0 Å². The predicted octanol–water partition coefficient (Wildman–Crippen LogP) is 3.43. The molecule has 0 radical (unpaired) electrons. The predicted molar refractivity (Wildman–Crippen MR) is 83.9 cm³/mol. The molecule has 0 aromatic carbocycles. The first-order chi connectivity index (χ1) is 9.13. The second kappa shape index (κ2) is 8.16. The molecule has 0 aliphatic rings. The molecule has 0 atom stereocenters. The molecule has 0 aliphatic carbocycles. The maximum Gasteiger partial charge on any atom is 0.133 e. The first-order valence-corrected chi connectivity index (χ1v) is 7.56. The van der Waals surface area contributed by atoms with Crippen LogP contribution in [-0.2, 0) is 6.54 Å². The highest BCUT2D eigenvalue weighted by Crippen LogP contribution is 2.23. The van der Waals surface area contributed by atoms with E-state index in [1.807, 2.05) is 0 Å². The molecule has 0 saturated heterocycles. The highest BCUT2D eigenvalue weighted by Gasteiger charge is 2.14. The lowest BCUT2D eigenvalue weighted by molar-refractivity contribution is 0.692. The van der Waals surface area contributed by atoms with Gasteiger partial charge < -0.3 is 10.2 Å². The Bertz CT molecular complexity index is 388. The lowest BCUT2D eigenvalue weighted by Gasteiger charge is -2.26. The van der Waals surface area contributed by atoms with Crippen LogP contribution in [0.5, 0.6) is 0 Å². The molecule has 0 spiro atoms. The van der Waals surface area contributed by atoms with Crippen LogP contribution in [-0.4, -0.2) is 24.6 Å². The van der Waals surface area contributed by atoms with E-state index in [1.54, 1.807) is 0 Å². The molecule has 0 saturated carbocycles. The van der Waals surface area contributed by atoms with Gasteiger partial charge >= 0.3 is 0 Å². The highest BCUT2D eigenvalue weighted by molar-refractivity contribution is 5.51. The zero-order valence-electron chi connectivity index (χ0n) is 13.2. The summed E-state index contributed by atoms with van der Waals surface area (Å²) in [7, 11) is 0. The lowest BCUT2D eigenvalue weighted by atomic mass is 10.1.